The van der Waals surface area contributed by atoms with Gasteiger partial charge in [-0.3, -0.25) is 0 Å². The lowest BCUT2D eigenvalue weighted by Crippen LogP contribution is -2.16. The van der Waals surface area contributed by atoms with Crippen LogP contribution < -0.4 is 5.32 Å². The lowest BCUT2D eigenvalue weighted by Gasteiger charge is -2.16. The van der Waals surface area contributed by atoms with Crippen LogP contribution in [0.15, 0.2) is 12.1 Å². The van der Waals surface area contributed by atoms with Crippen LogP contribution in [0, 0.1) is 17.5 Å². The molecule has 0 aliphatic carbocycles. The fourth-order valence-corrected chi connectivity index (χ4v) is 2.05. The molecule has 0 aliphatic rings. The van der Waals surface area contributed by atoms with Gasteiger partial charge >= 0.3 is 0 Å². The van der Waals surface area contributed by atoms with Gasteiger partial charge in [0, 0.05) is 18.2 Å². The molecule has 1 N–H and O–H groups in total. The fourth-order valence-electron chi connectivity index (χ4n) is 2.05. The van der Waals surface area contributed by atoms with Crippen molar-refractivity contribution in [1.82, 2.24) is 0 Å². The van der Waals surface area contributed by atoms with Gasteiger partial charge in [0.25, 0.3) is 0 Å². The van der Waals surface area contributed by atoms with Gasteiger partial charge in [0.05, 0.1) is 5.69 Å². The smallest absolute Gasteiger partial charge is 0.182 e. The Bertz CT molecular complexity index is 393. The summed E-state index contributed by atoms with van der Waals surface area (Å²) in [4.78, 5) is 0. The van der Waals surface area contributed by atoms with Gasteiger partial charge in [-0.25, -0.2) is 13.2 Å². The Morgan fingerprint density at radius 1 is 1.05 bits per heavy atom. The third kappa shape index (κ3) is 5.53. The van der Waals surface area contributed by atoms with E-state index in [0.717, 1.165) is 25.3 Å². The topological polar surface area (TPSA) is 12.0 Å². The second-order valence-corrected chi connectivity index (χ2v) is 5.00. The Kier molecular flexibility index (Phi) is 6.74. The maximum absolute atomic E-state index is 13.4. The zero-order valence-electron chi connectivity index (χ0n) is 11.6. The van der Waals surface area contributed by atoms with Crippen molar-refractivity contribution in [3.8, 4) is 0 Å². The van der Waals surface area contributed by atoms with Gasteiger partial charge in [0.15, 0.2) is 11.6 Å². The van der Waals surface area contributed by atoms with E-state index in [0.29, 0.717) is 6.07 Å². The lowest BCUT2D eigenvalue weighted by molar-refractivity contribution is 0.495. The highest BCUT2D eigenvalue weighted by atomic mass is 19.2. The number of benzene rings is 1. The molecular formula is C15H22F3N. The molecule has 108 valence electrons. The van der Waals surface area contributed by atoms with E-state index in [1.165, 1.54) is 19.3 Å². The first-order valence-electron chi connectivity index (χ1n) is 6.95. The third-order valence-electron chi connectivity index (χ3n) is 3.14. The first-order chi connectivity index (χ1) is 9.04. The van der Waals surface area contributed by atoms with E-state index in [9.17, 15) is 13.2 Å². The van der Waals surface area contributed by atoms with E-state index < -0.39 is 17.5 Å². The normalized spacial score (nSPS) is 12.5. The number of hydrogen-bond donors (Lipinski definition) is 1. The molecule has 1 nitrogen and oxygen atoms in total. The van der Waals surface area contributed by atoms with Crippen molar-refractivity contribution in [3.63, 3.8) is 0 Å². The van der Waals surface area contributed by atoms with Crippen molar-refractivity contribution >= 4 is 5.69 Å². The molecule has 0 aliphatic heterocycles. The average Bonchev–Trinajstić information content (AvgIpc) is 2.35. The highest BCUT2D eigenvalue weighted by Gasteiger charge is 2.12. The van der Waals surface area contributed by atoms with Crippen molar-refractivity contribution in [2.45, 2.75) is 58.4 Å². The molecular weight excluding hydrogens is 251 g/mol. The van der Waals surface area contributed by atoms with Gasteiger partial charge in [-0.05, 0) is 13.3 Å². The van der Waals surface area contributed by atoms with Crippen LogP contribution in [-0.4, -0.2) is 6.04 Å². The van der Waals surface area contributed by atoms with E-state index in [2.05, 4.69) is 12.2 Å². The minimum Gasteiger partial charge on any atom is -0.380 e. The maximum atomic E-state index is 13.4. The first kappa shape index (κ1) is 15.9. The summed E-state index contributed by atoms with van der Waals surface area (Å²) < 4.78 is 39.5. The maximum Gasteiger partial charge on any atom is 0.182 e. The molecule has 0 radical (unpaired) electrons. The van der Waals surface area contributed by atoms with Crippen molar-refractivity contribution in [2.24, 2.45) is 0 Å². The second-order valence-electron chi connectivity index (χ2n) is 5.00. The SMILES string of the molecule is CCCCCCCC(C)Nc1cc(F)cc(F)c1F. The first-order valence-corrected chi connectivity index (χ1v) is 6.95. The molecule has 1 aromatic rings. The molecule has 1 atom stereocenters. The Morgan fingerprint density at radius 2 is 1.74 bits per heavy atom. The quantitative estimate of drug-likeness (QED) is 0.503. The van der Waals surface area contributed by atoms with Crippen LogP contribution in [0.2, 0.25) is 0 Å². The molecule has 19 heavy (non-hydrogen) atoms. The molecule has 0 saturated heterocycles. The number of hydrogen-bond acceptors (Lipinski definition) is 1. The fraction of sp³-hybridized carbons (Fsp3) is 0.600. The van der Waals surface area contributed by atoms with Gasteiger partial charge in [0.2, 0.25) is 0 Å². The summed E-state index contributed by atoms with van der Waals surface area (Å²) in [5.41, 5.74) is -0.0986. The van der Waals surface area contributed by atoms with Crippen LogP contribution >= 0.6 is 0 Å². The Hall–Kier alpha value is -1.19. The largest absolute Gasteiger partial charge is 0.380 e. The summed E-state index contributed by atoms with van der Waals surface area (Å²) in [5, 5.41) is 2.83. The standard InChI is InChI=1S/C15H22F3N/c1-3-4-5-6-7-8-11(2)19-14-10-12(16)9-13(17)15(14)18/h9-11,19H,3-8H2,1-2H3. The molecule has 0 spiro atoms. The molecule has 0 saturated carbocycles. The third-order valence-corrected chi connectivity index (χ3v) is 3.14. The summed E-state index contributed by atoms with van der Waals surface area (Å²) in [6.07, 6.45) is 6.66. The number of halogens is 3. The van der Waals surface area contributed by atoms with Crippen molar-refractivity contribution in [3.05, 3.63) is 29.6 Å². The zero-order chi connectivity index (χ0) is 14.3. The summed E-state index contributed by atoms with van der Waals surface area (Å²) in [6, 6.07) is 1.54. The van der Waals surface area contributed by atoms with E-state index in [1.807, 2.05) is 6.92 Å². The zero-order valence-corrected chi connectivity index (χ0v) is 11.6. The predicted molar refractivity (Wildman–Crippen MR) is 72.8 cm³/mol. The number of unbranched alkanes of at least 4 members (excludes halogenated alkanes) is 4. The molecule has 0 amide bonds. The molecule has 0 aromatic heterocycles. The predicted octanol–water partition coefficient (Wildman–Crippen LogP) is 5.26. The number of anilines is 1. The molecule has 0 bridgehead atoms. The molecule has 1 unspecified atom stereocenters. The molecule has 1 rings (SSSR count). The summed E-state index contributed by atoms with van der Waals surface area (Å²) in [6.45, 7) is 4.05. The van der Waals surface area contributed by atoms with E-state index >= 15 is 0 Å². The van der Waals surface area contributed by atoms with Gasteiger partial charge < -0.3 is 5.32 Å². The van der Waals surface area contributed by atoms with Crippen LogP contribution in [0.5, 0.6) is 0 Å². The van der Waals surface area contributed by atoms with Crippen molar-refractivity contribution in [2.75, 3.05) is 5.32 Å². The van der Waals surface area contributed by atoms with Gasteiger partial charge in [-0.2, -0.15) is 0 Å². The van der Waals surface area contributed by atoms with E-state index in [1.54, 1.807) is 0 Å². The average molecular weight is 273 g/mol. The molecule has 1 aromatic carbocycles. The Balaban J connectivity index is 2.42. The van der Waals surface area contributed by atoms with Gasteiger partial charge in [-0.15, -0.1) is 0 Å². The van der Waals surface area contributed by atoms with E-state index in [-0.39, 0.29) is 11.7 Å². The second kappa shape index (κ2) is 8.08. The van der Waals surface area contributed by atoms with Gasteiger partial charge in [0.1, 0.15) is 5.82 Å². The summed E-state index contributed by atoms with van der Waals surface area (Å²) >= 11 is 0. The monoisotopic (exact) mass is 273 g/mol. The lowest BCUT2D eigenvalue weighted by atomic mass is 10.1. The summed E-state index contributed by atoms with van der Waals surface area (Å²) in [7, 11) is 0. The van der Waals surface area contributed by atoms with Gasteiger partial charge in [-0.1, -0.05) is 39.0 Å². The highest BCUT2D eigenvalue weighted by molar-refractivity contribution is 5.46. The van der Waals surface area contributed by atoms with Crippen molar-refractivity contribution in [1.29, 1.82) is 0 Å². The molecule has 0 fully saturated rings. The van der Waals surface area contributed by atoms with Crippen LogP contribution in [0.3, 0.4) is 0 Å². The number of rotatable bonds is 8. The minimum atomic E-state index is -1.15. The van der Waals surface area contributed by atoms with Crippen LogP contribution in [0.1, 0.15) is 52.4 Å². The molecule has 0 heterocycles. The number of nitrogens with one attached hydrogen (secondary N) is 1. The Labute approximate surface area is 113 Å². The summed E-state index contributed by atoms with van der Waals surface area (Å²) in [5.74, 6) is -2.94. The van der Waals surface area contributed by atoms with E-state index in [4.69, 9.17) is 0 Å². The minimum absolute atomic E-state index is 0.00248. The Morgan fingerprint density at radius 3 is 2.42 bits per heavy atom. The molecule has 4 heteroatoms. The van der Waals surface area contributed by atoms with Crippen molar-refractivity contribution < 1.29 is 13.2 Å². The van der Waals surface area contributed by atoms with Crippen LogP contribution in [0.4, 0.5) is 18.9 Å². The van der Waals surface area contributed by atoms with Crippen LogP contribution in [0.25, 0.3) is 0 Å². The van der Waals surface area contributed by atoms with Crippen LogP contribution in [-0.2, 0) is 0 Å². The highest BCUT2D eigenvalue weighted by Crippen LogP contribution is 2.21.